The van der Waals surface area contributed by atoms with Crippen LogP contribution in [0.4, 0.5) is 0 Å². The van der Waals surface area contributed by atoms with E-state index in [4.69, 9.17) is 8.60 Å². The number of hydrogen-bond donors (Lipinski definition) is 0. The fourth-order valence-corrected chi connectivity index (χ4v) is 2.69. The summed E-state index contributed by atoms with van der Waals surface area (Å²) in [5.41, 5.74) is 2.10. The Balaban J connectivity index is 1.94. The van der Waals surface area contributed by atoms with Crippen LogP contribution in [-0.4, -0.2) is 13.4 Å². The van der Waals surface area contributed by atoms with Gasteiger partial charge in [-0.1, -0.05) is 17.7 Å². The third kappa shape index (κ3) is 2.37. The normalized spacial score (nSPS) is 11.7. The maximum absolute atomic E-state index is 12.1. The van der Waals surface area contributed by atoms with E-state index >= 15 is 0 Å². The van der Waals surface area contributed by atoms with Crippen LogP contribution in [0.15, 0.2) is 58.2 Å². The van der Waals surface area contributed by atoms with E-state index in [9.17, 15) is 8.42 Å². The van der Waals surface area contributed by atoms with Gasteiger partial charge in [0.2, 0.25) is 0 Å². The average molecular weight is 289 g/mol. The van der Waals surface area contributed by atoms with E-state index in [-0.39, 0.29) is 10.6 Å². The predicted octanol–water partition coefficient (Wildman–Crippen LogP) is 2.90. The van der Waals surface area contributed by atoms with Crippen molar-refractivity contribution in [3.05, 3.63) is 54.4 Å². The second-order valence-electron chi connectivity index (χ2n) is 4.33. The molecule has 0 radical (unpaired) electrons. The van der Waals surface area contributed by atoms with Crippen molar-refractivity contribution in [3.63, 3.8) is 0 Å². The number of aromatic nitrogens is 1. The van der Waals surface area contributed by atoms with Crippen molar-refractivity contribution in [3.8, 4) is 5.75 Å². The molecule has 0 saturated heterocycles. The van der Waals surface area contributed by atoms with Crippen molar-refractivity contribution in [1.29, 1.82) is 0 Å². The highest BCUT2D eigenvalue weighted by atomic mass is 32.2. The van der Waals surface area contributed by atoms with Crippen LogP contribution < -0.4 is 4.18 Å². The Morgan fingerprint density at radius 1 is 1.10 bits per heavy atom. The van der Waals surface area contributed by atoms with Gasteiger partial charge < -0.3 is 8.60 Å². The van der Waals surface area contributed by atoms with Crippen LogP contribution >= 0.6 is 0 Å². The maximum Gasteiger partial charge on any atom is 0.339 e. The Morgan fingerprint density at radius 2 is 1.85 bits per heavy atom. The minimum absolute atomic E-state index is 0.114. The number of fused-ring (bicyclic) bond motifs is 1. The molecule has 3 aromatic rings. The molecule has 0 saturated carbocycles. The van der Waals surface area contributed by atoms with Crippen molar-refractivity contribution in [2.75, 3.05) is 0 Å². The molecule has 5 nitrogen and oxygen atoms in total. The topological polar surface area (TPSA) is 69.4 Å². The summed E-state index contributed by atoms with van der Waals surface area (Å²) in [6.45, 7) is 1.88. The Bertz CT molecular complexity index is 850. The molecule has 0 amide bonds. The largest absolute Gasteiger partial charge is 0.443 e. The molecule has 1 heterocycles. The zero-order valence-electron chi connectivity index (χ0n) is 10.6. The van der Waals surface area contributed by atoms with Gasteiger partial charge in [-0.3, -0.25) is 0 Å². The lowest BCUT2D eigenvalue weighted by Gasteiger charge is -2.06. The highest BCUT2D eigenvalue weighted by Gasteiger charge is 2.16. The molecule has 0 spiro atoms. The van der Waals surface area contributed by atoms with Crippen LogP contribution in [0.2, 0.25) is 0 Å². The second kappa shape index (κ2) is 4.64. The Morgan fingerprint density at radius 3 is 2.60 bits per heavy atom. The van der Waals surface area contributed by atoms with E-state index in [1.807, 2.05) is 6.92 Å². The molecular formula is C14H11NO4S. The SMILES string of the molecule is Cc1ccc(S(=O)(=O)Oc2ccc3ocnc3c2)cc1. The summed E-state index contributed by atoms with van der Waals surface area (Å²) in [6.07, 6.45) is 1.29. The molecule has 0 fully saturated rings. The molecule has 0 unspecified atom stereocenters. The van der Waals surface area contributed by atoms with Crippen LogP contribution in [0, 0.1) is 6.92 Å². The molecule has 20 heavy (non-hydrogen) atoms. The van der Waals surface area contributed by atoms with Crippen LogP contribution in [0.5, 0.6) is 5.75 Å². The first-order valence-electron chi connectivity index (χ1n) is 5.89. The average Bonchev–Trinajstić information content (AvgIpc) is 2.86. The molecule has 0 aliphatic heterocycles. The molecule has 6 heteroatoms. The molecule has 2 aromatic carbocycles. The number of aryl methyl sites for hydroxylation is 1. The number of hydrogen-bond acceptors (Lipinski definition) is 5. The summed E-state index contributed by atoms with van der Waals surface area (Å²) in [4.78, 5) is 4.07. The highest BCUT2D eigenvalue weighted by Crippen LogP contribution is 2.23. The number of rotatable bonds is 3. The summed E-state index contributed by atoms with van der Waals surface area (Å²) in [5.74, 6) is 0.201. The molecule has 3 rings (SSSR count). The number of nitrogens with zero attached hydrogens (tertiary/aromatic N) is 1. The van der Waals surface area contributed by atoms with Gasteiger partial charge in [0, 0.05) is 6.07 Å². The minimum atomic E-state index is -3.84. The third-order valence-electron chi connectivity index (χ3n) is 2.82. The number of oxazole rings is 1. The maximum atomic E-state index is 12.1. The first kappa shape index (κ1) is 12.7. The molecule has 0 atom stereocenters. The zero-order valence-corrected chi connectivity index (χ0v) is 11.4. The lowest BCUT2D eigenvalue weighted by atomic mass is 10.2. The van der Waals surface area contributed by atoms with Crippen LogP contribution in [0.1, 0.15) is 5.56 Å². The third-order valence-corrected chi connectivity index (χ3v) is 4.08. The van der Waals surface area contributed by atoms with Gasteiger partial charge in [0.25, 0.3) is 0 Å². The quantitative estimate of drug-likeness (QED) is 0.693. The van der Waals surface area contributed by atoms with Gasteiger partial charge >= 0.3 is 10.1 Å². The fraction of sp³-hybridized carbons (Fsp3) is 0.0714. The molecule has 0 aliphatic carbocycles. The summed E-state index contributed by atoms with van der Waals surface area (Å²) < 4.78 is 34.4. The first-order valence-corrected chi connectivity index (χ1v) is 7.30. The van der Waals surface area contributed by atoms with Crippen LogP contribution in [-0.2, 0) is 10.1 Å². The van der Waals surface area contributed by atoms with E-state index in [0.29, 0.717) is 11.1 Å². The van der Waals surface area contributed by atoms with Crippen molar-refractivity contribution >= 4 is 21.2 Å². The molecule has 102 valence electrons. The molecular weight excluding hydrogens is 278 g/mol. The number of benzene rings is 2. The van der Waals surface area contributed by atoms with Crippen molar-refractivity contribution in [1.82, 2.24) is 4.98 Å². The molecule has 0 aliphatic rings. The van der Waals surface area contributed by atoms with E-state index in [0.717, 1.165) is 5.56 Å². The van der Waals surface area contributed by atoms with E-state index < -0.39 is 10.1 Å². The summed E-state index contributed by atoms with van der Waals surface area (Å²) in [7, 11) is -3.84. The van der Waals surface area contributed by atoms with Crippen LogP contribution in [0.3, 0.4) is 0 Å². The lowest BCUT2D eigenvalue weighted by Crippen LogP contribution is -2.09. The summed E-state index contributed by atoms with van der Waals surface area (Å²) in [6, 6.07) is 11.1. The van der Waals surface area contributed by atoms with Gasteiger partial charge in [-0.25, -0.2) is 4.98 Å². The summed E-state index contributed by atoms with van der Waals surface area (Å²) in [5, 5.41) is 0. The van der Waals surface area contributed by atoms with Gasteiger partial charge in [0.15, 0.2) is 12.0 Å². The lowest BCUT2D eigenvalue weighted by molar-refractivity contribution is 0.486. The van der Waals surface area contributed by atoms with Crippen molar-refractivity contribution < 1.29 is 17.0 Å². The van der Waals surface area contributed by atoms with E-state index in [1.165, 1.54) is 30.7 Å². The van der Waals surface area contributed by atoms with Gasteiger partial charge in [-0.05, 0) is 31.2 Å². The van der Waals surface area contributed by atoms with Crippen molar-refractivity contribution in [2.24, 2.45) is 0 Å². The van der Waals surface area contributed by atoms with Gasteiger partial charge in [-0.2, -0.15) is 8.42 Å². The van der Waals surface area contributed by atoms with Crippen molar-refractivity contribution in [2.45, 2.75) is 11.8 Å². The predicted molar refractivity (Wildman–Crippen MR) is 73.0 cm³/mol. The molecule has 1 aromatic heterocycles. The first-order chi connectivity index (χ1) is 9.54. The highest BCUT2D eigenvalue weighted by molar-refractivity contribution is 7.87. The van der Waals surface area contributed by atoms with Crippen LogP contribution in [0.25, 0.3) is 11.1 Å². The monoisotopic (exact) mass is 289 g/mol. The van der Waals surface area contributed by atoms with Gasteiger partial charge in [0.05, 0.1) is 0 Å². The standard InChI is InChI=1S/C14H11NO4S/c1-10-2-5-12(6-3-10)20(16,17)19-11-4-7-14-13(8-11)15-9-18-14/h2-9H,1H3. The second-order valence-corrected chi connectivity index (χ2v) is 5.88. The van der Waals surface area contributed by atoms with Gasteiger partial charge in [-0.15, -0.1) is 0 Å². The summed E-state index contributed by atoms with van der Waals surface area (Å²) >= 11 is 0. The van der Waals surface area contributed by atoms with E-state index in [1.54, 1.807) is 18.2 Å². The fourth-order valence-electron chi connectivity index (χ4n) is 1.77. The zero-order chi connectivity index (χ0) is 14.2. The molecule has 0 bridgehead atoms. The molecule has 0 N–H and O–H groups in total. The van der Waals surface area contributed by atoms with E-state index in [2.05, 4.69) is 4.98 Å². The van der Waals surface area contributed by atoms with Gasteiger partial charge in [0.1, 0.15) is 16.2 Å². The minimum Gasteiger partial charge on any atom is -0.443 e. The Kier molecular flexibility index (Phi) is 2.94. The Hall–Kier alpha value is -2.34. The smallest absolute Gasteiger partial charge is 0.339 e. The Labute approximate surface area is 115 Å².